The summed E-state index contributed by atoms with van der Waals surface area (Å²) in [6.07, 6.45) is 3.83. The van der Waals surface area contributed by atoms with Crippen molar-refractivity contribution in [2.75, 3.05) is 26.7 Å². The molecule has 1 saturated heterocycles. The van der Waals surface area contributed by atoms with E-state index in [1.54, 1.807) is 11.0 Å². The van der Waals surface area contributed by atoms with E-state index >= 15 is 0 Å². The molecule has 1 heterocycles. The fourth-order valence-corrected chi connectivity index (χ4v) is 3.93. The fraction of sp³-hybridized carbons (Fsp3) is 0.611. The summed E-state index contributed by atoms with van der Waals surface area (Å²) in [6, 6.07) is 4.45. The molecule has 1 aliphatic heterocycles. The molecule has 0 radical (unpaired) electrons. The van der Waals surface area contributed by atoms with Crippen LogP contribution in [0.4, 0.5) is 0 Å². The van der Waals surface area contributed by atoms with Crippen LogP contribution in [-0.4, -0.2) is 46.0 Å². The molecule has 2 rings (SSSR count). The van der Waals surface area contributed by atoms with Gasteiger partial charge < -0.3 is 9.64 Å². The highest BCUT2D eigenvalue weighted by Gasteiger charge is 2.24. The van der Waals surface area contributed by atoms with Gasteiger partial charge in [0.1, 0.15) is 5.75 Å². The summed E-state index contributed by atoms with van der Waals surface area (Å²) >= 11 is 0. The first kappa shape index (κ1) is 19.7. The molecule has 0 aliphatic carbocycles. The maximum absolute atomic E-state index is 12.8. The lowest BCUT2D eigenvalue weighted by Crippen LogP contribution is -2.36. The minimum absolute atomic E-state index is 0.0948. The third kappa shape index (κ3) is 5.19. The van der Waals surface area contributed by atoms with Crippen LogP contribution in [0.1, 0.15) is 49.9 Å². The largest absolute Gasteiger partial charge is 0.496 e. The van der Waals surface area contributed by atoms with Crippen LogP contribution in [0.15, 0.2) is 23.1 Å². The lowest BCUT2D eigenvalue weighted by atomic mass is 10.1. The predicted molar refractivity (Wildman–Crippen MR) is 97.4 cm³/mol. The molecule has 1 aromatic rings. The maximum atomic E-state index is 12.8. The van der Waals surface area contributed by atoms with Gasteiger partial charge >= 0.3 is 0 Å². The molecule has 0 aromatic heterocycles. The Labute approximate surface area is 150 Å². The van der Waals surface area contributed by atoms with Crippen molar-refractivity contribution in [2.45, 2.75) is 44.4 Å². The van der Waals surface area contributed by atoms with Gasteiger partial charge in [0.2, 0.25) is 10.0 Å². The number of nitrogens with one attached hydrogen (secondary N) is 1. The van der Waals surface area contributed by atoms with Crippen LogP contribution in [0, 0.1) is 5.92 Å². The van der Waals surface area contributed by atoms with Gasteiger partial charge in [-0.05, 0) is 49.8 Å². The number of piperidine rings is 1. The Bertz CT molecular complexity index is 695. The quantitative estimate of drug-likeness (QED) is 0.803. The zero-order valence-electron chi connectivity index (χ0n) is 15.2. The summed E-state index contributed by atoms with van der Waals surface area (Å²) < 4.78 is 32.8. The van der Waals surface area contributed by atoms with Crippen molar-refractivity contribution in [1.82, 2.24) is 9.62 Å². The van der Waals surface area contributed by atoms with Crippen LogP contribution < -0.4 is 9.46 Å². The number of benzene rings is 1. The van der Waals surface area contributed by atoms with Crippen LogP contribution >= 0.6 is 0 Å². The van der Waals surface area contributed by atoms with Crippen molar-refractivity contribution in [1.29, 1.82) is 0 Å². The van der Waals surface area contributed by atoms with E-state index in [4.69, 9.17) is 4.74 Å². The second kappa shape index (κ2) is 8.67. The SMILES string of the molecule is COc1ccc(S(=O)(=O)NCCC(C)C)cc1C(=O)N1CCCCC1. The number of rotatable bonds is 7. The van der Waals surface area contributed by atoms with Crippen molar-refractivity contribution in [3.8, 4) is 5.75 Å². The Morgan fingerprint density at radius 1 is 1.24 bits per heavy atom. The summed E-state index contributed by atoms with van der Waals surface area (Å²) in [5.74, 6) is 0.641. The van der Waals surface area contributed by atoms with Crippen LogP contribution in [0.5, 0.6) is 5.75 Å². The van der Waals surface area contributed by atoms with E-state index in [1.807, 2.05) is 13.8 Å². The minimum Gasteiger partial charge on any atom is -0.496 e. The van der Waals surface area contributed by atoms with E-state index in [-0.39, 0.29) is 10.8 Å². The van der Waals surface area contributed by atoms with Gasteiger partial charge in [-0.25, -0.2) is 13.1 Å². The van der Waals surface area contributed by atoms with E-state index in [2.05, 4.69) is 4.72 Å². The summed E-state index contributed by atoms with van der Waals surface area (Å²) in [7, 11) is -2.16. The molecule has 7 heteroatoms. The standard InChI is InChI=1S/C18H28N2O4S/c1-14(2)9-10-19-25(22,23)15-7-8-17(24-3)16(13-15)18(21)20-11-5-4-6-12-20/h7-8,13-14,19H,4-6,9-12H2,1-3H3. The molecule has 1 N–H and O–H groups in total. The van der Waals surface area contributed by atoms with E-state index in [9.17, 15) is 13.2 Å². The Morgan fingerprint density at radius 3 is 2.52 bits per heavy atom. The molecule has 1 aromatic carbocycles. The Kier molecular flexibility index (Phi) is 6.84. The van der Waals surface area contributed by atoms with Crippen LogP contribution in [0.25, 0.3) is 0 Å². The summed E-state index contributed by atoms with van der Waals surface area (Å²) in [5.41, 5.74) is 0.302. The number of nitrogens with zero attached hydrogens (tertiary/aromatic N) is 1. The van der Waals surface area contributed by atoms with E-state index in [0.29, 0.717) is 36.9 Å². The number of sulfonamides is 1. The third-order valence-electron chi connectivity index (χ3n) is 4.37. The van der Waals surface area contributed by atoms with Crippen molar-refractivity contribution >= 4 is 15.9 Å². The second-order valence-corrected chi connectivity index (χ2v) is 8.56. The molecule has 0 bridgehead atoms. The van der Waals surface area contributed by atoms with Crippen molar-refractivity contribution < 1.29 is 17.9 Å². The molecule has 1 aliphatic rings. The molecule has 0 spiro atoms. The Morgan fingerprint density at radius 2 is 1.92 bits per heavy atom. The molecule has 1 amide bonds. The van der Waals surface area contributed by atoms with Crippen LogP contribution in [-0.2, 0) is 10.0 Å². The van der Waals surface area contributed by atoms with Gasteiger partial charge in [0.15, 0.2) is 0 Å². The monoisotopic (exact) mass is 368 g/mol. The van der Waals surface area contributed by atoms with Gasteiger partial charge in [-0.3, -0.25) is 4.79 Å². The topological polar surface area (TPSA) is 75.7 Å². The van der Waals surface area contributed by atoms with Crippen molar-refractivity contribution in [3.05, 3.63) is 23.8 Å². The number of methoxy groups -OCH3 is 1. The number of carbonyl (C=O) groups is 1. The summed E-state index contributed by atoms with van der Waals surface area (Å²) in [5, 5.41) is 0. The van der Waals surface area contributed by atoms with Gasteiger partial charge in [-0.1, -0.05) is 13.8 Å². The average molecular weight is 368 g/mol. The molecule has 25 heavy (non-hydrogen) atoms. The lowest BCUT2D eigenvalue weighted by molar-refractivity contribution is 0.0720. The highest BCUT2D eigenvalue weighted by Crippen LogP contribution is 2.25. The number of amides is 1. The van der Waals surface area contributed by atoms with Crippen LogP contribution in [0.2, 0.25) is 0 Å². The highest BCUT2D eigenvalue weighted by atomic mass is 32.2. The van der Waals surface area contributed by atoms with Gasteiger partial charge in [0.05, 0.1) is 17.6 Å². The smallest absolute Gasteiger partial charge is 0.257 e. The molecular formula is C18H28N2O4S. The molecule has 0 saturated carbocycles. The highest BCUT2D eigenvalue weighted by molar-refractivity contribution is 7.89. The molecule has 6 nitrogen and oxygen atoms in total. The number of carbonyl (C=O) groups excluding carboxylic acids is 1. The first-order chi connectivity index (χ1) is 11.8. The van der Waals surface area contributed by atoms with Crippen molar-refractivity contribution in [3.63, 3.8) is 0 Å². The number of hydrogen-bond donors (Lipinski definition) is 1. The minimum atomic E-state index is -3.64. The number of likely N-dealkylation sites (tertiary alicyclic amines) is 1. The first-order valence-electron chi connectivity index (χ1n) is 8.82. The zero-order valence-corrected chi connectivity index (χ0v) is 16.1. The third-order valence-corrected chi connectivity index (χ3v) is 5.83. The Hall–Kier alpha value is -1.60. The van der Waals surface area contributed by atoms with Gasteiger partial charge in [0, 0.05) is 19.6 Å². The maximum Gasteiger partial charge on any atom is 0.257 e. The molecule has 140 valence electrons. The molecular weight excluding hydrogens is 340 g/mol. The summed E-state index contributed by atoms with van der Waals surface area (Å²) in [4.78, 5) is 14.7. The van der Waals surface area contributed by atoms with E-state index in [1.165, 1.54) is 19.2 Å². The van der Waals surface area contributed by atoms with Gasteiger partial charge in [-0.2, -0.15) is 0 Å². The van der Waals surface area contributed by atoms with Gasteiger partial charge in [0.25, 0.3) is 5.91 Å². The molecule has 0 atom stereocenters. The normalized spacial score (nSPS) is 15.4. The predicted octanol–water partition coefficient (Wildman–Crippen LogP) is 2.65. The van der Waals surface area contributed by atoms with Crippen molar-refractivity contribution in [2.24, 2.45) is 5.92 Å². The number of ether oxygens (including phenoxy) is 1. The number of hydrogen-bond acceptors (Lipinski definition) is 4. The average Bonchev–Trinajstić information content (AvgIpc) is 2.60. The second-order valence-electron chi connectivity index (χ2n) is 6.80. The lowest BCUT2D eigenvalue weighted by Gasteiger charge is -2.27. The van der Waals surface area contributed by atoms with Crippen LogP contribution in [0.3, 0.4) is 0 Å². The summed E-state index contributed by atoms with van der Waals surface area (Å²) in [6.45, 7) is 5.85. The Balaban J connectivity index is 2.25. The fourth-order valence-electron chi connectivity index (χ4n) is 2.85. The molecule has 0 unspecified atom stereocenters. The zero-order chi connectivity index (χ0) is 18.4. The van der Waals surface area contributed by atoms with Gasteiger partial charge in [-0.15, -0.1) is 0 Å². The van der Waals surface area contributed by atoms with E-state index in [0.717, 1.165) is 25.7 Å². The first-order valence-corrected chi connectivity index (χ1v) is 10.3. The molecule has 1 fully saturated rings. The van der Waals surface area contributed by atoms with E-state index < -0.39 is 10.0 Å².